The molecule has 0 saturated carbocycles. The molecule has 1 amide bonds. The first kappa shape index (κ1) is 13.4. The molecule has 0 radical (unpaired) electrons. The van der Waals surface area contributed by atoms with E-state index in [4.69, 9.17) is 5.11 Å². The van der Waals surface area contributed by atoms with E-state index in [1.54, 1.807) is 18.7 Å². The third-order valence-electron chi connectivity index (χ3n) is 3.25. The zero-order valence-electron chi connectivity index (χ0n) is 9.78. The van der Waals surface area contributed by atoms with Gasteiger partial charge in [-0.2, -0.15) is 11.8 Å². The molecule has 0 aromatic carbocycles. The van der Waals surface area contributed by atoms with Crippen molar-refractivity contribution in [3.63, 3.8) is 0 Å². The second kappa shape index (κ2) is 5.57. The molecular formula is C11H19NO3S. The largest absolute Gasteiger partial charge is 0.481 e. The highest BCUT2D eigenvalue weighted by Gasteiger charge is 2.32. The number of hydrogen-bond acceptors (Lipinski definition) is 3. The Morgan fingerprint density at radius 2 is 2.25 bits per heavy atom. The topological polar surface area (TPSA) is 66.4 Å². The molecule has 0 spiro atoms. The van der Waals surface area contributed by atoms with Crippen LogP contribution >= 0.6 is 11.8 Å². The molecule has 1 fully saturated rings. The van der Waals surface area contributed by atoms with E-state index in [0.29, 0.717) is 6.42 Å². The fraction of sp³-hybridized carbons (Fsp3) is 0.818. The first-order valence-corrected chi connectivity index (χ1v) is 6.74. The van der Waals surface area contributed by atoms with Gasteiger partial charge in [0.25, 0.3) is 0 Å². The normalized spacial score (nSPS) is 23.8. The molecule has 2 unspecified atom stereocenters. The lowest BCUT2D eigenvalue weighted by Crippen LogP contribution is -2.42. The monoisotopic (exact) mass is 245 g/mol. The third-order valence-corrected chi connectivity index (χ3v) is 4.41. The Hall–Kier alpha value is -0.710. The minimum Gasteiger partial charge on any atom is -0.481 e. The molecular weight excluding hydrogens is 226 g/mol. The number of hydrogen-bond donors (Lipinski definition) is 2. The molecule has 1 rings (SSSR count). The average Bonchev–Trinajstić information content (AvgIpc) is 2.78. The SMILES string of the molecule is CCC(C)(CNC(=O)C1CCSC1)C(=O)O. The first-order valence-electron chi connectivity index (χ1n) is 5.58. The van der Waals surface area contributed by atoms with Crippen LogP contribution in [-0.4, -0.2) is 35.0 Å². The molecule has 16 heavy (non-hydrogen) atoms. The van der Waals surface area contributed by atoms with Gasteiger partial charge in [-0.15, -0.1) is 0 Å². The number of rotatable bonds is 5. The Labute approximate surface area is 100 Å². The number of carboxylic acids is 1. The van der Waals surface area contributed by atoms with Crippen molar-refractivity contribution < 1.29 is 14.7 Å². The van der Waals surface area contributed by atoms with Crippen LogP contribution in [-0.2, 0) is 9.59 Å². The first-order chi connectivity index (χ1) is 7.49. The van der Waals surface area contributed by atoms with Crippen LogP contribution in [0.3, 0.4) is 0 Å². The molecule has 4 nitrogen and oxygen atoms in total. The molecule has 2 atom stereocenters. The molecule has 1 aliphatic rings. The predicted octanol–water partition coefficient (Wildman–Crippen LogP) is 1.36. The van der Waals surface area contributed by atoms with E-state index in [-0.39, 0.29) is 18.4 Å². The van der Waals surface area contributed by atoms with Crippen LogP contribution in [0.2, 0.25) is 0 Å². The van der Waals surface area contributed by atoms with Crippen molar-refractivity contribution in [2.24, 2.45) is 11.3 Å². The van der Waals surface area contributed by atoms with Gasteiger partial charge in [-0.05, 0) is 25.5 Å². The summed E-state index contributed by atoms with van der Waals surface area (Å²) in [6.45, 7) is 3.71. The van der Waals surface area contributed by atoms with E-state index in [1.165, 1.54) is 0 Å². The lowest BCUT2D eigenvalue weighted by atomic mass is 9.87. The van der Waals surface area contributed by atoms with Gasteiger partial charge in [0, 0.05) is 18.2 Å². The second-order valence-electron chi connectivity index (χ2n) is 4.50. The molecule has 0 aliphatic carbocycles. The molecule has 0 bridgehead atoms. The number of nitrogens with one attached hydrogen (secondary N) is 1. The minimum atomic E-state index is -0.851. The number of carboxylic acid groups (broad SMARTS) is 1. The quantitative estimate of drug-likeness (QED) is 0.767. The number of carbonyl (C=O) groups is 2. The smallest absolute Gasteiger partial charge is 0.311 e. The zero-order valence-corrected chi connectivity index (χ0v) is 10.6. The zero-order chi connectivity index (χ0) is 12.2. The van der Waals surface area contributed by atoms with E-state index >= 15 is 0 Å². The van der Waals surface area contributed by atoms with Gasteiger partial charge in [0.1, 0.15) is 0 Å². The summed E-state index contributed by atoms with van der Waals surface area (Å²) in [5, 5.41) is 11.8. The predicted molar refractivity (Wildman–Crippen MR) is 64.5 cm³/mol. The van der Waals surface area contributed by atoms with Crippen LogP contribution in [0.25, 0.3) is 0 Å². The van der Waals surface area contributed by atoms with Crippen LogP contribution in [0.5, 0.6) is 0 Å². The van der Waals surface area contributed by atoms with Gasteiger partial charge >= 0.3 is 5.97 Å². The molecule has 1 heterocycles. The summed E-state index contributed by atoms with van der Waals surface area (Å²) in [7, 11) is 0. The Kier molecular flexibility index (Phi) is 4.65. The summed E-state index contributed by atoms with van der Waals surface area (Å²) in [6.07, 6.45) is 1.43. The molecule has 1 aliphatic heterocycles. The van der Waals surface area contributed by atoms with Crippen molar-refractivity contribution in [2.45, 2.75) is 26.7 Å². The van der Waals surface area contributed by atoms with E-state index in [9.17, 15) is 9.59 Å². The van der Waals surface area contributed by atoms with Crippen molar-refractivity contribution >= 4 is 23.6 Å². The van der Waals surface area contributed by atoms with Crippen LogP contribution in [0.1, 0.15) is 26.7 Å². The maximum atomic E-state index is 11.7. The number of amides is 1. The third kappa shape index (κ3) is 3.14. The summed E-state index contributed by atoms with van der Waals surface area (Å²) in [5.74, 6) is 1.12. The van der Waals surface area contributed by atoms with Crippen molar-refractivity contribution in [3.05, 3.63) is 0 Å². The lowest BCUT2D eigenvalue weighted by molar-refractivity contribution is -0.148. The summed E-state index contributed by atoms with van der Waals surface area (Å²) < 4.78 is 0. The number of aliphatic carboxylic acids is 1. The van der Waals surface area contributed by atoms with Gasteiger partial charge in [-0.3, -0.25) is 9.59 Å². The molecule has 1 saturated heterocycles. The van der Waals surface area contributed by atoms with Crippen LogP contribution in [0, 0.1) is 11.3 Å². The highest BCUT2D eigenvalue weighted by Crippen LogP contribution is 2.24. The van der Waals surface area contributed by atoms with Crippen molar-refractivity contribution in [1.29, 1.82) is 0 Å². The molecule has 0 aromatic rings. The minimum absolute atomic E-state index is 0.00549. The maximum Gasteiger partial charge on any atom is 0.311 e. The van der Waals surface area contributed by atoms with Gasteiger partial charge in [0.05, 0.1) is 5.41 Å². The fourth-order valence-electron chi connectivity index (χ4n) is 1.52. The Bertz CT molecular complexity index is 276. The molecule has 2 N–H and O–H groups in total. The van der Waals surface area contributed by atoms with Crippen molar-refractivity contribution in [2.75, 3.05) is 18.1 Å². The van der Waals surface area contributed by atoms with Crippen molar-refractivity contribution in [3.8, 4) is 0 Å². The van der Waals surface area contributed by atoms with E-state index in [1.807, 2.05) is 6.92 Å². The standard InChI is InChI=1S/C11H19NO3S/c1-3-11(2,10(14)15)7-12-9(13)8-4-5-16-6-8/h8H,3-7H2,1-2H3,(H,12,13)(H,14,15). The molecule has 5 heteroatoms. The lowest BCUT2D eigenvalue weighted by Gasteiger charge is -2.24. The average molecular weight is 245 g/mol. The van der Waals surface area contributed by atoms with Gasteiger partial charge in [0.15, 0.2) is 0 Å². The van der Waals surface area contributed by atoms with Gasteiger partial charge in [0.2, 0.25) is 5.91 Å². The number of carbonyl (C=O) groups excluding carboxylic acids is 1. The fourth-order valence-corrected chi connectivity index (χ4v) is 2.74. The van der Waals surface area contributed by atoms with Crippen molar-refractivity contribution in [1.82, 2.24) is 5.32 Å². The maximum absolute atomic E-state index is 11.7. The van der Waals surface area contributed by atoms with Crippen LogP contribution in [0.4, 0.5) is 0 Å². The van der Waals surface area contributed by atoms with Crippen LogP contribution in [0.15, 0.2) is 0 Å². The Morgan fingerprint density at radius 1 is 1.56 bits per heavy atom. The van der Waals surface area contributed by atoms with Gasteiger partial charge in [-0.25, -0.2) is 0 Å². The summed E-state index contributed by atoms with van der Waals surface area (Å²) in [6, 6.07) is 0. The summed E-state index contributed by atoms with van der Waals surface area (Å²) >= 11 is 1.78. The molecule has 0 aromatic heterocycles. The Balaban J connectivity index is 2.43. The van der Waals surface area contributed by atoms with Gasteiger partial charge < -0.3 is 10.4 Å². The highest BCUT2D eigenvalue weighted by molar-refractivity contribution is 7.99. The molecule has 92 valence electrons. The summed E-state index contributed by atoms with van der Waals surface area (Å²) in [4.78, 5) is 22.7. The Morgan fingerprint density at radius 3 is 2.69 bits per heavy atom. The van der Waals surface area contributed by atoms with E-state index < -0.39 is 11.4 Å². The summed E-state index contributed by atoms with van der Waals surface area (Å²) in [5.41, 5.74) is -0.846. The van der Waals surface area contributed by atoms with E-state index in [0.717, 1.165) is 17.9 Å². The van der Waals surface area contributed by atoms with Crippen LogP contribution < -0.4 is 5.32 Å². The van der Waals surface area contributed by atoms with Gasteiger partial charge in [-0.1, -0.05) is 6.92 Å². The number of thioether (sulfide) groups is 1. The van der Waals surface area contributed by atoms with E-state index in [2.05, 4.69) is 5.32 Å². The second-order valence-corrected chi connectivity index (χ2v) is 5.65. The highest BCUT2D eigenvalue weighted by atomic mass is 32.2.